The third kappa shape index (κ3) is 6.30. The normalized spacial score (nSPS) is 22.6. The van der Waals surface area contributed by atoms with Gasteiger partial charge in [0.2, 0.25) is 5.91 Å². The molecule has 206 valence electrons. The Kier molecular flexibility index (Phi) is 8.20. The summed E-state index contributed by atoms with van der Waals surface area (Å²) < 4.78 is 59.1. The van der Waals surface area contributed by atoms with Crippen molar-refractivity contribution in [3.05, 3.63) is 65.0 Å². The molecule has 0 aromatic heterocycles. The molecule has 0 unspecified atom stereocenters. The molecule has 6 nitrogen and oxygen atoms in total. The zero-order chi connectivity index (χ0) is 26.7. The van der Waals surface area contributed by atoms with E-state index in [1.165, 1.54) is 18.2 Å². The maximum absolute atomic E-state index is 13.5. The molecule has 0 spiro atoms. The highest BCUT2D eigenvalue weighted by atomic mass is 19.4. The minimum atomic E-state index is -4.43. The number of hydrogen-bond acceptors (Lipinski definition) is 5. The molecule has 0 saturated carbocycles. The van der Waals surface area contributed by atoms with Crippen LogP contribution in [0.25, 0.3) is 0 Å². The van der Waals surface area contributed by atoms with Crippen molar-refractivity contribution < 1.29 is 27.1 Å². The van der Waals surface area contributed by atoms with Gasteiger partial charge in [0.25, 0.3) is 0 Å². The van der Waals surface area contributed by atoms with Gasteiger partial charge in [-0.3, -0.25) is 14.6 Å². The average molecular weight is 535 g/mol. The zero-order valence-corrected chi connectivity index (χ0v) is 21.4. The molecular formula is C28H34F4N4O2. The second kappa shape index (κ2) is 11.6. The van der Waals surface area contributed by atoms with E-state index < -0.39 is 17.7 Å². The first-order valence-electron chi connectivity index (χ1n) is 13.3. The van der Waals surface area contributed by atoms with Gasteiger partial charge in [-0.15, -0.1) is 0 Å². The van der Waals surface area contributed by atoms with Gasteiger partial charge in [-0.2, -0.15) is 13.2 Å². The maximum Gasteiger partial charge on any atom is 0.416 e. The molecule has 3 heterocycles. The highest BCUT2D eigenvalue weighted by Gasteiger charge is 2.42. The van der Waals surface area contributed by atoms with E-state index in [0.29, 0.717) is 38.3 Å². The van der Waals surface area contributed by atoms with Crippen molar-refractivity contribution in [1.29, 1.82) is 0 Å². The number of rotatable bonds is 7. The Labute approximate surface area is 220 Å². The predicted molar refractivity (Wildman–Crippen MR) is 136 cm³/mol. The summed E-state index contributed by atoms with van der Waals surface area (Å²) >= 11 is 0. The number of halogens is 4. The van der Waals surface area contributed by atoms with Crippen LogP contribution in [0.5, 0.6) is 0 Å². The lowest BCUT2D eigenvalue weighted by molar-refractivity contribution is -0.137. The van der Waals surface area contributed by atoms with E-state index in [4.69, 9.17) is 4.74 Å². The minimum Gasteiger partial charge on any atom is -0.379 e. The maximum atomic E-state index is 13.5. The van der Waals surface area contributed by atoms with E-state index >= 15 is 0 Å². The monoisotopic (exact) mass is 534 g/mol. The highest BCUT2D eigenvalue weighted by molar-refractivity contribution is 5.82. The topological polar surface area (TPSA) is 48.1 Å². The molecule has 3 aliphatic heterocycles. The Balaban J connectivity index is 1.30. The Morgan fingerprint density at radius 1 is 1.00 bits per heavy atom. The lowest BCUT2D eigenvalue weighted by Crippen LogP contribution is -2.61. The van der Waals surface area contributed by atoms with E-state index in [-0.39, 0.29) is 24.2 Å². The number of benzene rings is 2. The van der Waals surface area contributed by atoms with Gasteiger partial charge in [0.05, 0.1) is 30.7 Å². The van der Waals surface area contributed by atoms with Crippen LogP contribution in [0.2, 0.25) is 0 Å². The first-order chi connectivity index (χ1) is 18.3. The number of carbonyl (C=O) groups is 1. The summed E-state index contributed by atoms with van der Waals surface area (Å²) in [5.41, 5.74) is 1.64. The molecule has 1 amide bonds. The summed E-state index contributed by atoms with van der Waals surface area (Å²) in [5.74, 6) is -0.870. The van der Waals surface area contributed by atoms with Crippen LogP contribution in [0.4, 0.5) is 23.2 Å². The molecule has 2 aromatic rings. The number of carbonyl (C=O) groups excluding carboxylic acids is 1. The Morgan fingerprint density at radius 2 is 1.76 bits per heavy atom. The Morgan fingerprint density at radius 3 is 2.50 bits per heavy atom. The third-order valence-corrected chi connectivity index (χ3v) is 7.83. The van der Waals surface area contributed by atoms with E-state index in [1.807, 2.05) is 0 Å². The number of nitrogens with zero attached hydrogens (tertiary/aromatic N) is 3. The van der Waals surface area contributed by atoms with Crippen LogP contribution in [-0.4, -0.2) is 80.8 Å². The second-order valence-corrected chi connectivity index (χ2v) is 10.4. The van der Waals surface area contributed by atoms with E-state index in [9.17, 15) is 22.4 Å². The molecule has 3 aliphatic rings. The van der Waals surface area contributed by atoms with Gasteiger partial charge in [0.15, 0.2) is 0 Å². The molecule has 2 atom stereocenters. The van der Waals surface area contributed by atoms with Crippen LogP contribution in [0.15, 0.2) is 42.5 Å². The number of amides is 1. The Hall–Kier alpha value is -2.69. The van der Waals surface area contributed by atoms with Crippen LogP contribution < -0.4 is 10.2 Å². The number of nitrogens with one attached hydrogen (secondary N) is 1. The predicted octanol–water partition coefficient (Wildman–Crippen LogP) is 3.55. The molecule has 0 aliphatic carbocycles. The molecule has 2 aromatic carbocycles. The fourth-order valence-corrected chi connectivity index (χ4v) is 5.82. The van der Waals surface area contributed by atoms with Gasteiger partial charge in [-0.1, -0.05) is 12.1 Å². The van der Waals surface area contributed by atoms with E-state index in [1.54, 1.807) is 18.2 Å². The summed E-state index contributed by atoms with van der Waals surface area (Å²) in [6.07, 6.45) is -3.37. The minimum absolute atomic E-state index is 0.117. The van der Waals surface area contributed by atoms with Crippen molar-refractivity contribution in [1.82, 2.24) is 15.1 Å². The largest absolute Gasteiger partial charge is 0.416 e. The van der Waals surface area contributed by atoms with Crippen LogP contribution in [0, 0.1) is 11.7 Å². The van der Waals surface area contributed by atoms with Gasteiger partial charge >= 0.3 is 6.18 Å². The number of piperazine rings is 1. The zero-order valence-electron chi connectivity index (χ0n) is 21.4. The van der Waals surface area contributed by atoms with Gasteiger partial charge in [0, 0.05) is 51.5 Å². The summed E-state index contributed by atoms with van der Waals surface area (Å²) in [7, 11) is 0. The molecule has 5 rings (SSSR count). The molecule has 2 saturated heterocycles. The molecule has 10 heteroatoms. The number of hydrogen-bond donors (Lipinski definition) is 1. The smallest absolute Gasteiger partial charge is 0.379 e. The van der Waals surface area contributed by atoms with Crippen molar-refractivity contribution in [3.8, 4) is 0 Å². The first kappa shape index (κ1) is 26.9. The molecule has 38 heavy (non-hydrogen) atoms. The van der Waals surface area contributed by atoms with Gasteiger partial charge in [-0.25, -0.2) is 4.39 Å². The highest BCUT2D eigenvalue weighted by Crippen LogP contribution is 2.40. The first-order valence-corrected chi connectivity index (χ1v) is 13.3. The van der Waals surface area contributed by atoms with Gasteiger partial charge in [-0.05, 0) is 60.8 Å². The SMILES string of the molecule is O=C(NCCCN1CCOCC1)[C@@H]1Cc2cc(C(F)(F)F)ccc2N2CCN(Cc3ccc(F)cc3)C[C@H]12. The Bertz CT molecular complexity index is 1110. The van der Waals surface area contributed by atoms with Crippen LogP contribution in [-0.2, 0) is 28.7 Å². The van der Waals surface area contributed by atoms with Crippen LogP contribution >= 0.6 is 0 Å². The van der Waals surface area contributed by atoms with Crippen LogP contribution in [0.3, 0.4) is 0 Å². The molecular weight excluding hydrogens is 500 g/mol. The molecule has 0 radical (unpaired) electrons. The summed E-state index contributed by atoms with van der Waals surface area (Å²) in [6, 6.07) is 10.1. The number of anilines is 1. The lowest BCUT2D eigenvalue weighted by Gasteiger charge is -2.49. The van der Waals surface area contributed by atoms with Crippen molar-refractivity contribution in [3.63, 3.8) is 0 Å². The second-order valence-electron chi connectivity index (χ2n) is 10.4. The lowest BCUT2D eigenvalue weighted by atomic mass is 9.82. The van der Waals surface area contributed by atoms with Crippen LogP contribution in [0.1, 0.15) is 23.1 Å². The summed E-state index contributed by atoms with van der Waals surface area (Å²) in [6.45, 7) is 7.13. The summed E-state index contributed by atoms with van der Waals surface area (Å²) in [5, 5.41) is 3.07. The van der Waals surface area contributed by atoms with Crippen molar-refractivity contribution >= 4 is 11.6 Å². The number of morpholine rings is 1. The number of alkyl halides is 3. The number of ether oxygens (including phenoxy) is 1. The van der Waals surface area contributed by atoms with Crippen molar-refractivity contribution in [2.75, 3.05) is 63.9 Å². The number of fused-ring (bicyclic) bond motifs is 3. The average Bonchev–Trinajstić information content (AvgIpc) is 2.91. The van der Waals surface area contributed by atoms with Gasteiger partial charge in [0.1, 0.15) is 5.82 Å². The summed E-state index contributed by atoms with van der Waals surface area (Å²) in [4.78, 5) is 20.1. The third-order valence-electron chi connectivity index (χ3n) is 7.83. The van der Waals surface area contributed by atoms with Crippen molar-refractivity contribution in [2.24, 2.45) is 5.92 Å². The molecule has 2 fully saturated rings. The molecule has 0 bridgehead atoms. The van der Waals surface area contributed by atoms with E-state index in [0.717, 1.165) is 56.6 Å². The molecule has 1 N–H and O–H groups in total. The quantitative estimate of drug-likeness (QED) is 0.435. The fourth-order valence-electron chi connectivity index (χ4n) is 5.82. The standard InChI is InChI=1S/C28H34F4N4O2/c29-23-5-2-20(3-6-23)18-35-10-11-36-25-7-4-22(28(30,31)32)16-21(25)17-24(26(36)19-35)27(37)33-8-1-9-34-12-14-38-15-13-34/h2-7,16,24,26H,1,8-15,17-19H2,(H,33,37)/t24-,26-/m1/s1. The van der Waals surface area contributed by atoms with Gasteiger partial charge < -0.3 is 15.0 Å². The van der Waals surface area contributed by atoms with Crippen molar-refractivity contribution in [2.45, 2.75) is 31.6 Å². The van der Waals surface area contributed by atoms with E-state index in [2.05, 4.69) is 20.0 Å². The fraction of sp³-hybridized carbons (Fsp3) is 0.536.